The summed E-state index contributed by atoms with van der Waals surface area (Å²) in [6.07, 6.45) is 3.55. The van der Waals surface area contributed by atoms with Gasteiger partial charge in [-0.15, -0.1) is 0 Å². The first-order valence-electron chi connectivity index (χ1n) is 7.78. The Morgan fingerprint density at radius 2 is 2.13 bits per heavy atom. The molecule has 1 N–H and O–H groups in total. The van der Waals surface area contributed by atoms with Gasteiger partial charge in [-0.2, -0.15) is 0 Å². The van der Waals surface area contributed by atoms with Crippen LogP contribution >= 0.6 is 0 Å². The average molecular weight is 314 g/mol. The van der Waals surface area contributed by atoms with Gasteiger partial charge in [-0.05, 0) is 17.7 Å². The first-order chi connectivity index (χ1) is 11.2. The van der Waals surface area contributed by atoms with E-state index in [9.17, 15) is 4.79 Å². The minimum atomic E-state index is 0.129. The number of piperazine rings is 1. The van der Waals surface area contributed by atoms with Crippen LogP contribution in [0.25, 0.3) is 0 Å². The van der Waals surface area contributed by atoms with Gasteiger partial charge in [0.05, 0.1) is 19.5 Å². The summed E-state index contributed by atoms with van der Waals surface area (Å²) in [5.41, 5.74) is 2.27. The standard InChI is InChI=1S/C17H22N4O2/c1-13(22)20-7-8-21(10-15-9-18-12-19-15)17(11-20)14-3-5-16(23-2)6-4-14/h3-6,9,12,17H,7-8,10-11H2,1-2H3,(H,18,19)/t17-/m0/s1. The molecule has 3 rings (SSSR count). The molecule has 1 fully saturated rings. The van der Waals surface area contributed by atoms with E-state index in [1.807, 2.05) is 23.2 Å². The Balaban J connectivity index is 1.82. The number of nitrogens with one attached hydrogen (secondary N) is 1. The summed E-state index contributed by atoms with van der Waals surface area (Å²) in [5.74, 6) is 0.970. The molecule has 2 heterocycles. The maximum atomic E-state index is 11.8. The number of methoxy groups -OCH3 is 1. The number of amides is 1. The zero-order chi connectivity index (χ0) is 16.2. The smallest absolute Gasteiger partial charge is 0.219 e. The maximum absolute atomic E-state index is 11.8. The highest BCUT2D eigenvalue weighted by Crippen LogP contribution is 2.28. The number of aromatic nitrogens is 2. The van der Waals surface area contributed by atoms with Crippen molar-refractivity contribution in [3.63, 3.8) is 0 Å². The SMILES string of the molecule is COc1ccc([C@@H]2CN(C(C)=O)CCN2Cc2cnc[nH]2)cc1. The molecule has 0 saturated carbocycles. The summed E-state index contributed by atoms with van der Waals surface area (Å²) in [5, 5.41) is 0. The van der Waals surface area contributed by atoms with Crippen molar-refractivity contribution in [3.8, 4) is 5.75 Å². The third-order valence-electron chi connectivity index (χ3n) is 4.37. The number of hydrogen-bond acceptors (Lipinski definition) is 4. The molecule has 23 heavy (non-hydrogen) atoms. The molecule has 1 aliphatic rings. The van der Waals surface area contributed by atoms with Crippen LogP contribution in [0.4, 0.5) is 0 Å². The van der Waals surface area contributed by atoms with Gasteiger partial charge in [-0.1, -0.05) is 12.1 Å². The largest absolute Gasteiger partial charge is 0.497 e. The van der Waals surface area contributed by atoms with Gasteiger partial charge >= 0.3 is 0 Å². The van der Waals surface area contributed by atoms with Crippen LogP contribution in [0, 0.1) is 0 Å². The maximum Gasteiger partial charge on any atom is 0.219 e. The number of ether oxygens (including phenoxy) is 1. The van der Waals surface area contributed by atoms with Crippen molar-refractivity contribution in [1.29, 1.82) is 0 Å². The monoisotopic (exact) mass is 314 g/mol. The third-order valence-corrected chi connectivity index (χ3v) is 4.37. The number of hydrogen-bond donors (Lipinski definition) is 1. The number of aromatic amines is 1. The molecule has 2 aromatic rings. The fraction of sp³-hybridized carbons (Fsp3) is 0.412. The number of imidazole rings is 1. The highest BCUT2D eigenvalue weighted by molar-refractivity contribution is 5.73. The molecule has 0 spiro atoms. The quantitative estimate of drug-likeness (QED) is 0.935. The van der Waals surface area contributed by atoms with Crippen molar-refractivity contribution in [2.75, 3.05) is 26.7 Å². The molecule has 1 aromatic carbocycles. The van der Waals surface area contributed by atoms with Crippen LogP contribution in [0.2, 0.25) is 0 Å². The lowest BCUT2D eigenvalue weighted by atomic mass is 10.0. The lowest BCUT2D eigenvalue weighted by Crippen LogP contribution is -2.49. The van der Waals surface area contributed by atoms with Crippen LogP contribution in [0.1, 0.15) is 24.2 Å². The number of H-pyrrole nitrogens is 1. The van der Waals surface area contributed by atoms with Gasteiger partial charge in [0.15, 0.2) is 0 Å². The number of nitrogens with zero attached hydrogens (tertiary/aromatic N) is 3. The summed E-state index contributed by atoms with van der Waals surface area (Å²) in [4.78, 5) is 23.3. The Bertz CT molecular complexity index is 639. The normalized spacial score (nSPS) is 18.9. The average Bonchev–Trinajstić information content (AvgIpc) is 3.08. The highest BCUT2D eigenvalue weighted by Gasteiger charge is 2.29. The predicted molar refractivity (Wildman–Crippen MR) is 87.0 cm³/mol. The second kappa shape index (κ2) is 6.83. The Hall–Kier alpha value is -2.34. The molecule has 122 valence electrons. The van der Waals surface area contributed by atoms with Crippen molar-refractivity contribution < 1.29 is 9.53 Å². The summed E-state index contributed by atoms with van der Waals surface area (Å²) < 4.78 is 5.24. The van der Waals surface area contributed by atoms with Crippen LogP contribution in [0.3, 0.4) is 0 Å². The van der Waals surface area contributed by atoms with E-state index in [1.165, 1.54) is 5.56 Å². The van der Waals surface area contributed by atoms with Crippen LogP contribution in [-0.4, -0.2) is 52.4 Å². The van der Waals surface area contributed by atoms with Crippen LogP contribution in [0.15, 0.2) is 36.8 Å². The molecule has 0 aliphatic carbocycles. The molecular formula is C17H22N4O2. The van der Waals surface area contributed by atoms with E-state index in [1.54, 1.807) is 20.4 Å². The van der Waals surface area contributed by atoms with Crippen molar-refractivity contribution in [2.45, 2.75) is 19.5 Å². The molecule has 1 amide bonds. The van der Waals surface area contributed by atoms with Gasteiger partial charge in [0, 0.05) is 45.0 Å². The lowest BCUT2D eigenvalue weighted by molar-refractivity contribution is -0.132. The summed E-state index contributed by atoms with van der Waals surface area (Å²) in [7, 11) is 1.66. The fourth-order valence-corrected chi connectivity index (χ4v) is 3.03. The minimum absolute atomic E-state index is 0.129. The molecule has 0 unspecified atom stereocenters. The van der Waals surface area contributed by atoms with Crippen LogP contribution in [-0.2, 0) is 11.3 Å². The van der Waals surface area contributed by atoms with Crippen molar-refractivity contribution in [3.05, 3.63) is 48.0 Å². The van der Waals surface area contributed by atoms with Crippen LogP contribution < -0.4 is 4.74 Å². The van der Waals surface area contributed by atoms with E-state index < -0.39 is 0 Å². The van der Waals surface area contributed by atoms with E-state index in [0.717, 1.165) is 31.1 Å². The van der Waals surface area contributed by atoms with Crippen molar-refractivity contribution in [2.24, 2.45) is 0 Å². The Morgan fingerprint density at radius 3 is 2.74 bits per heavy atom. The van der Waals surface area contributed by atoms with Gasteiger partial charge in [0.2, 0.25) is 5.91 Å². The van der Waals surface area contributed by atoms with E-state index in [0.29, 0.717) is 6.54 Å². The van der Waals surface area contributed by atoms with Crippen molar-refractivity contribution >= 4 is 5.91 Å². The molecule has 1 aromatic heterocycles. The van der Waals surface area contributed by atoms with E-state index in [4.69, 9.17) is 4.74 Å². The molecular weight excluding hydrogens is 292 g/mol. The lowest BCUT2D eigenvalue weighted by Gasteiger charge is -2.41. The molecule has 0 bridgehead atoms. The molecule has 1 saturated heterocycles. The van der Waals surface area contributed by atoms with E-state index in [-0.39, 0.29) is 11.9 Å². The van der Waals surface area contributed by atoms with Gasteiger partial charge in [0.1, 0.15) is 5.75 Å². The van der Waals surface area contributed by atoms with Gasteiger partial charge < -0.3 is 14.6 Å². The Kier molecular flexibility index (Phi) is 4.62. The van der Waals surface area contributed by atoms with E-state index >= 15 is 0 Å². The second-order valence-electron chi connectivity index (χ2n) is 5.80. The zero-order valence-corrected chi connectivity index (χ0v) is 13.5. The Morgan fingerprint density at radius 1 is 1.35 bits per heavy atom. The third kappa shape index (κ3) is 3.53. The second-order valence-corrected chi connectivity index (χ2v) is 5.80. The molecule has 6 heteroatoms. The van der Waals surface area contributed by atoms with Gasteiger partial charge in [-0.25, -0.2) is 4.98 Å². The number of benzene rings is 1. The molecule has 6 nitrogen and oxygen atoms in total. The first-order valence-corrected chi connectivity index (χ1v) is 7.78. The van der Waals surface area contributed by atoms with E-state index in [2.05, 4.69) is 27.0 Å². The molecule has 1 atom stereocenters. The van der Waals surface area contributed by atoms with Gasteiger partial charge in [-0.3, -0.25) is 9.69 Å². The topological polar surface area (TPSA) is 61.5 Å². The fourth-order valence-electron chi connectivity index (χ4n) is 3.03. The van der Waals surface area contributed by atoms with Crippen LogP contribution in [0.5, 0.6) is 5.75 Å². The number of carbonyl (C=O) groups excluding carboxylic acids is 1. The molecule has 0 radical (unpaired) electrons. The number of rotatable bonds is 4. The van der Waals surface area contributed by atoms with Gasteiger partial charge in [0.25, 0.3) is 0 Å². The summed E-state index contributed by atoms with van der Waals surface area (Å²) in [6, 6.07) is 8.26. The minimum Gasteiger partial charge on any atom is -0.497 e. The Labute approximate surface area is 136 Å². The molecule has 1 aliphatic heterocycles. The highest BCUT2D eigenvalue weighted by atomic mass is 16.5. The summed E-state index contributed by atoms with van der Waals surface area (Å²) >= 11 is 0. The first kappa shape index (κ1) is 15.6. The summed E-state index contributed by atoms with van der Waals surface area (Å²) in [6.45, 7) is 4.74. The number of carbonyl (C=O) groups is 1. The predicted octanol–water partition coefficient (Wildman–Crippen LogP) is 1.82. The van der Waals surface area contributed by atoms with Crippen molar-refractivity contribution in [1.82, 2.24) is 19.8 Å². The zero-order valence-electron chi connectivity index (χ0n) is 13.5.